The molecule has 0 unspecified atom stereocenters. The lowest BCUT2D eigenvalue weighted by molar-refractivity contribution is -0.146. The van der Waals surface area contributed by atoms with Gasteiger partial charge in [-0.15, -0.1) is 0 Å². The van der Waals surface area contributed by atoms with Crippen LogP contribution in [0.25, 0.3) is 0 Å². The number of carbonyl (C=O) groups is 3. The van der Waals surface area contributed by atoms with Crippen LogP contribution in [0.1, 0.15) is 24.5 Å². The minimum atomic E-state index is -0.800. The molecule has 4 aliphatic carbocycles. The number of hydrogen-bond acceptors (Lipinski definition) is 3. The molecule has 3 fully saturated rings. The Morgan fingerprint density at radius 3 is 2.26 bits per heavy atom. The van der Waals surface area contributed by atoms with E-state index in [0.29, 0.717) is 11.8 Å². The van der Waals surface area contributed by atoms with Crippen LogP contribution in [0, 0.1) is 49.4 Å². The van der Waals surface area contributed by atoms with Crippen molar-refractivity contribution in [2.45, 2.75) is 33.2 Å². The number of imide groups is 1. The number of allylic oxidation sites excluding steroid dienone is 2. The fourth-order valence-corrected chi connectivity index (χ4v) is 5.60. The van der Waals surface area contributed by atoms with Crippen molar-refractivity contribution in [1.82, 2.24) is 4.90 Å². The summed E-state index contributed by atoms with van der Waals surface area (Å²) in [7, 11) is 0. The molecule has 3 amide bonds. The van der Waals surface area contributed by atoms with E-state index in [1.165, 1.54) is 4.90 Å². The van der Waals surface area contributed by atoms with E-state index in [4.69, 9.17) is 0 Å². The summed E-state index contributed by atoms with van der Waals surface area (Å²) in [5, 5.41) is 2.91. The van der Waals surface area contributed by atoms with Crippen LogP contribution in [0.5, 0.6) is 0 Å². The monoisotopic (exact) mass is 364 g/mol. The van der Waals surface area contributed by atoms with Crippen LogP contribution in [0.15, 0.2) is 30.4 Å². The van der Waals surface area contributed by atoms with Crippen LogP contribution >= 0.6 is 0 Å². The molecule has 5 nitrogen and oxygen atoms in total. The molecule has 7 atom stereocenters. The Balaban J connectivity index is 1.39. The highest BCUT2D eigenvalue weighted by molar-refractivity contribution is 6.10. The second-order valence-electron chi connectivity index (χ2n) is 8.61. The molecule has 5 heteroatoms. The van der Waals surface area contributed by atoms with Crippen molar-refractivity contribution < 1.29 is 14.4 Å². The van der Waals surface area contributed by atoms with Gasteiger partial charge < -0.3 is 5.32 Å². The number of nitrogens with zero attached hydrogens (tertiary/aromatic N) is 1. The van der Waals surface area contributed by atoms with Crippen molar-refractivity contribution in [2.75, 3.05) is 5.32 Å². The fraction of sp³-hybridized carbons (Fsp3) is 0.500. The molecule has 27 heavy (non-hydrogen) atoms. The molecule has 1 heterocycles. The largest absolute Gasteiger partial charge is 0.324 e. The van der Waals surface area contributed by atoms with Gasteiger partial charge in [0.1, 0.15) is 6.04 Å². The number of rotatable bonds is 3. The van der Waals surface area contributed by atoms with E-state index in [1.54, 1.807) is 6.92 Å². The zero-order valence-electron chi connectivity index (χ0n) is 15.8. The van der Waals surface area contributed by atoms with Crippen molar-refractivity contribution in [2.24, 2.45) is 35.5 Å². The Hall–Kier alpha value is -2.43. The SMILES string of the molecule is Cc1cccc(NC(=O)[C@H](C)N2C(=O)[C@@H]3[C@H]4C=C[C@@H]([C@@H]5C[C@@H]45)[C@@H]3C2=O)c1C. The van der Waals surface area contributed by atoms with Crippen LogP contribution in [0.3, 0.4) is 0 Å². The summed E-state index contributed by atoms with van der Waals surface area (Å²) in [6.07, 6.45) is 5.43. The zero-order valence-corrected chi connectivity index (χ0v) is 15.8. The number of carbonyl (C=O) groups excluding carboxylic acids is 3. The first kappa shape index (κ1) is 16.7. The highest BCUT2D eigenvalue weighted by Gasteiger charge is 2.67. The second kappa shape index (κ2) is 5.54. The quantitative estimate of drug-likeness (QED) is 0.662. The third-order valence-electron chi connectivity index (χ3n) is 7.33. The first-order valence-electron chi connectivity index (χ1n) is 9.82. The molecule has 1 aromatic carbocycles. The predicted molar refractivity (Wildman–Crippen MR) is 101 cm³/mol. The Morgan fingerprint density at radius 2 is 1.67 bits per heavy atom. The van der Waals surface area contributed by atoms with Crippen LogP contribution in [0.4, 0.5) is 5.69 Å². The highest BCUT2D eigenvalue weighted by atomic mass is 16.2. The first-order chi connectivity index (χ1) is 12.9. The maximum Gasteiger partial charge on any atom is 0.247 e. The van der Waals surface area contributed by atoms with Crippen molar-refractivity contribution in [3.8, 4) is 0 Å². The van der Waals surface area contributed by atoms with Gasteiger partial charge in [0.2, 0.25) is 17.7 Å². The molecule has 2 saturated carbocycles. The summed E-state index contributed by atoms with van der Waals surface area (Å²) in [5.74, 6) is 0.362. The van der Waals surface area contributed by atoms with Crippen LogP contribution in [-0.4, -0.2) is 28.7 Å². The topological polar surface area (TPSA) is 66.5 Å². The maximum absolute atomic E-state index is 13.1. The fourth-order valence-electron chi connectivity index (χ4n) is 5.60. The second-order valence-corrected chi connectivity index (χ2v) is 8.61. The smallest absolute Gasteiger partial charge is 0.247 e. The molecule has 1 saturated heterocycles. The van der Waals surface area contributed by atoms with Gasteiger partial charge >= 0.3 is 0 Å². The summed E-state index contributed by atoms with van der Waals surface area (Å²) in [6, 6.07) is 4.92. The van der Waals surface area contributed by atoms with Gasteiger partial charge in [0, 0.05) is 5.69 Å². The van der Waals surface area contributed by atoms with Gasteiger partial charge in [-0.25, -0.2) is 0 Å². The summed E-state index contributed by atoms with van der Waals surface area (Å²) < 4.78 is 0. The van der Waals surface area contributed by atoms with Crippen molar-refractivity contribution in [3.63, 3.8) is 0 Å². The Kier molecular flexibility index (Phi) is 3.43. The van der Waals surface area contributed by atoms with Gasteiger partial charge in [-0.3, -0.25) is 19.3 Å². The Morgan fingerprint density at radius 1 is 1.07 bits per heavy atom. The van der Waals surface area contributed by atoms with Gasteiger partial charge in [0.25, 0.3) is 0 Å². The van der Waals surface area contributed by atoms with E-state index in [1.807, 2.05) is 32.0 Å². The average Bonchev–Trinajstić information content (AvgIpc) is 3.42. The van der Waals surface area contributed by atoms with E-state index in [2.05, 4.69) is 17.5 Å². The van der Waals surface area contributed by atoms with Crippen LogP contribution < -0.4 is 5.32 Å². The molecule has 1 aromatic rings. The summed E-state index contributed by atoms with van der Waals surface area (Å²) in [5.41, 5.74) is 2.81. The van der Waals surface area contributed by atoms with Gasteiger partial charge in [0.15, 0.2) is 0 Å². The number of hydrogen-bond donors (Lipinski definition) is 1. The maximum atomic E-state index is 13.1. The number of amides is 3. The molecule has 0 radical (unpaired) electrons. The van der Waals surface area contributed by atoms with Gasteiger partial charge in [0.05, 0.1) is 11.8 Å². The molecular formula is C22H24N2O3. The lowest BCUT2D eigenvalue weighted by Gasteiger charge is -2.37. The number of likely N-dealkylation sites (tertiary alicyclic amines) is 1. The molecule has 5 aliphatic rings. The van der Waals surface area contributed by atoms with Crippen LogP contribution in [0.2, 0.25) is 0 Å². The number of anilines is 1. The summed E-state index contributed by atoms with van der Waals surface area (Å²) >= 11 is 0. The molecule has 6 rings (SSSR count). The normalized spacial score (nSPS) is 36.5. The van der Waals surface area contributed by atoms with E-state index in [-0.39, 0.29) is 41.4 Å². The van der Waals surface area contributed by atoms with Crippen molar-refractivity contribution >= 4 is 23.4 Å². The molecule has 0 aromatic heterocycles. The van der Waals surface area contributed by atoms with E-state index < -0.39 is 6.04 Å². The van der Waals surface area contributed by atoms with E-state index in [0.717, 1.165) is 23.2 Å². The molecule has 0 spiro atoms. The third kappa shape index (κ3) is 2.20. The van der Waals surface area contributed by atoms with Crippen molar-refractivity contribution in [1.29, 1.82) is 0 Å². The molecular weight excluding hydrogens is 340 g/mol. The summed E-state index contributed by atoms with van der Waals surface area (Å²) in [6.45, 7) is 5.59. The minimum Gasteiger partial charge on any atom is -0.324 e. The molecule has 140 valence electrons. The Bertz CT molecular complexity index is 869. The Labute approximate surface area is 158 Å². The van der Waals surface area contributed by atoms with E-state index in [9.17, 15) is 14.4 Å². The minimum absolute atomic E-state index is 0.154. The van der Waals surface area contributed by atoms with Gasteiger partial charge in [-0.1, -0.05) is 24.3 Å². The highest BCUT2D eigenvalue weighted by Crippen LogP contribution is 2.65. The summed E-state index contributed by atoms with van der Waals surface area (Å²) in [4.78, 5) is 40.3. The van der Waals surface area contributed by atoms with Gasteiger partial charge in [-0.05, 0) is 68.1 Å². The number of benzene rings is 1. The van der Waals surface area contributed by atoms with Crippen molar-refractivity contribution in [3.05, 3.63) is 41.5 Å². The standard InChI is InChI=1S/C22H24N2O3/c1-10-5-4-6-17(11(10)2)23-20(25)12(3)24-21(26)18-13-7-8-14(16-9-15(13)16)19(18)22(24)27/h4-8,12-16,18-19H,9H2,1-3H3,(H,23,25)/t12-,13-,14-,15-,16-,18-,19+/m0/s1. The molecule has 2 bridgehead atoms. The number of nitrogens with one attached hydrogen (secondary N) is 1. The molecule has 1 N–H and O–H groups in total. The lowest BCUT2D eigenvalue weighted by Crippen LogP contribution is -2.46. The van der Waals surface area contributed by atoms with Gasteiger partial charge in [-0.2, -0.15) is 0 Å². The van der Waals surface area contributed by atoms with Crippen LogP contribution in [-0.2, 0) is 14.4 Å². The lowest BCUT2D eigenvalue weighted by atomic mass is 9.63. The van der Waals surface area contributed by atoms with E-state index >= 15 is 0 Å². The number of aryl methyl sites for hydroxylation is 1. The zero-order chi connectivity index (χ0) is 19.0. The first-order valence-corrected chi connectivity index (χ1v) is 9.82. The average molecular weight is 364 g/mol. The third-order valence-corrected chi connectivity index (χ3v) is 7.33. The molecule has 1 aliphatic heterocycles. The predicted octanol–water partition coefficient (Wildman–Crippen LogP) is 2.68.